The van der Waals surface area contributed by atoms with Crippen molar-refractivity contribution in [3.05, 3.63) is 39.6 Å². The van der Waals surface area contributed by atoms with Gasteiger partial charge in [0.25, 0.3) is 0 Å². The van der Waals surface area contributed by atoms with E-state index in [0.717, 1.165) is 42.0 Å². The van der Waals surface area contributed by atoms with E-state index in [2.05, 4.69) is 20.8 Å². The summed E-state index contributed by atoms with van der Waals surface area (Å²) in [5.74, 6) is -0.136. The smallest absolute Gasteiger partial charge is 0.131 e. The van der Waals surface area contributed by atoms with Crippen molar-refractivity contribution in [1.82, 2.24) is 4.90 Å². The van der Waals surface area contributed by atoms with Crippen LogP contribution in [-0.4, -0.2) is 24.0 Å². The molecule has 19 heavy (non-hydrogen) atoms. The lowest BCUT2D eigenvalue weighted by molar-refractivity contribution is 0.118. The lowest BCUT2D eigenvalue weighted by Gasteiger charge is -2.40. The Morgan fingerprint density at radius 3 is 2.53 bits per heavy atom. The Morgan fingerprint density at radius 2 is 1.95 bits per heavy atom. The topological polar surface area (TPSA) is 3.24 Å². The SMILES string of the molecule is Fc1cc(Br)ccc1C=C1CCN(C2CCC2)CC1. The third kappa shape index (κ3) is 3.09. The summed E-state index contributed by atoms with van der Waals surface area (Å²) < 4.78 is 14.6. The first-order valence-electron chi connectivity index (χ1n) is 7.11. The van der Waals surface area contributed by atoms with Crippen molar-refractivity contribution in [3.8, 4) is 0 Å². The molecular weight excluding hydrogens is 305 g/mol. The Hall–Kier alpha value is -0.670. The van der Waals surface area contributed by atoms with Gasteiger partial charge in [-0.2, -0.15) is 0 Å². The van der Waals surface area contributed by atoms with Crippen molar-refractivity contribution in [1.29, 1.82) is 0 Å². The normalized spacial score (nSPS) is 21.3. The van der Waals surface area contributed by atoms with Crippen LogP contribution in [0.3, 0.4) is 0 Å². The zero-order valence-electron chi connectivity index (χ0n) is 11.0. The average Bonchev–Trinajstić information content (AvgIpc) is 2.33. The van der Waals surface area contributed by atoms with E-state index in [1.807, 2.05) is 18.2 Å². The van der Waals surface area contributed by atoms with Crippen LogP contribution in [-0.2, 0) is 0 Å². The number of halogens is 2. The zero-order chi connectivity index (χ0) is 13.2. The van der Waals surface area contributed by atoms with Crippen LogP contribution in [0.15, 0.2) is 28.2 Å². The number of rotatable bonds is 2. The summed E-state index contributed by atoms with van der Waals surface area (Å²) in [7, 11) is 0. The Balaban J connectivity index is 1.65. The van der Waals surface area contributed by atoms with E-state index >= 15 is 0 Å². The fourth-order valence-corrected chi connectivity index (χ4v) is 3.24. The van der Waals surface area contributed by atoms with Gasteiger partial charge < -0.3 is 0 Å². The van der Waals surface area contributed by atoms with Crippen molar-refractivity contribution < 1.29 is 4.39 Å². The van der Waals surface area contributed by atoms with Gasteiger partial charge in [0.05, 0.1) is 0 Å². The van der Waals surface area contributed by atoms with Gasteiger partial charge in [-0.15, -0.1) is 0 Å². The van der Waals surface area contributed by atoms with Gasteiger partial charge in [-0.1, -0.05) is 40.1 Å². The third-order valence-electron chi connectivity index (χ3n) is 4.35. The molecule has 1 saturated carbocycles. The summed E-state index contributed by atoms with van der Waals surface area (Å²) in [5.41, 5.74) is 2.10. The molecule has 0 aromatic heterocycles. The maximum absolute atomic E-state index is 13.8. The molecule has 1 heterocycles. The first-order chi connectivity index (χ1) is 9.22. The second-order valence-electron chi connectivity index (χ2n) is 5.59. The highest BCUT2D eigenvalue weighted by Crippen LogP contribution is 2.29. The van der Waals surface area contributed by atoms with Crippen LogP contribution >= 0.6 is 15.9 Å². The minimum atomic E-state index is -0.136. The monoisotopic (exact) mass is 323 g/mol. The van der Waals surface area contributed by atoms with E-state index in [0.29, 0.717) is 0 Å². The lowest BCUT2D eigenvalue weighted by atomic mass is 9.89. The number of piperidine rings is 1. The van der Waals surface area contributed by atoms with E-state index < -0.39 is 0 Å². The summed E-state index contributed by atoms with van der Waals surface area (Å²) >= 11 is 3.29. The van der Waals surface area contributed by atoms with Crippen LogP contribution < -0.4 is 0 Å². The van der Waals surface area contributed by atoms with Gasteiger partial charge in [-0.3, -0.25) is 4.90 Å². The molecule has 1 saturated heterocycles. The summed E-state index contributed by atoms with van der Waals surface area (Å²) in [4.78, 5) is 2.61. The van der Waals surface area contributed by atoms with Gasteiger partial charge in [0, 0.05) is 29.2 Å². The van der Waals surface area contributed by atoms with Crippen molar-refractivity contribution in [2.24, 2.45) is 0 Å². The lowest BCUT2D eigenvalue weighted by Crippen LogP contribution is -2.43. The molecule has 1 nitrogen and oxygen atoms in total. The number of nitrogens with zero attached hydrogens (tertiary/aromatic N) is 1. The van der Waals surface area contributed by atoms with Gasteiger partial charge in [-0.25, -0.2) is 4.39 Å². The van der Waals surface area contributed by atoms with Crippen LogP contribution in [0.4, 0.5) is 4.39 Å². The van der Waals surface area contributed by atoms with E-state index in [1.54, 1.807) is 0 Å². The van der Waals surface area contributed by atoms with Crippen LogP contribution in [0.1, 0.15) is 37.7 Å². The molecule has 0 atom stereocenters. The van der Waals surface area contributed by atoms with E-state index in [9.17, 15) is 4.39 Å². The molecule has 3 rings (SSSR count). The molecule has 1 aromatic carbocycles. The molecule has 0 spiro atoms. The molecule has 0 unspecified atom stereocenters. The van der Waals surface area contributed by atoms with Crippen molar-refractivity contribution in [3.63, 3.8) is 0 Å². The first kappa shape index (κ1) is 13.3. The first-order valence-corrected chi connectivity index (χ1v) is 7.90. The van der Waals surface area contributed by atoms with Crippen molar-refractivity contribution >= 4 is 22.0 Å². The maximum atomic E-state index is 13.8. The number of likely N-dealkylation sites (tertiary alicyclic amines) is 1. The third-order valence-corrected chi connectivity index (χ3v) is 4.85. The second-order valence-corrected chi connectivity index (χ2v) is 6.50. The van der Waals surface area contributed by atoms with Crippen LogP contribution in [0.5, 0.6) is 0 Å². The van der Waals surface area contributed by atoms with Gasteiger partial charge in [0.1, 0.15) is 5.82 Å². The summed E-state index contributed by atoms with van der Waals surface area (Å²) in [6, 6.07) is 6.13. The van der Waals surface area contributed by atoms with Crippen molar-refractivity contribution in [2.75, 3.05) is 13.1 Å². The standard InChI is InChI=1S/C16H19BrFN/c17-14-5-4-13(16(18)11-14)10-12-6-8-19(9-7-12)15-2-1-3-15/h4-5,10-11,15H,1-3,6-9H2. The summed E-state index contributed by atoms with van der Waals surface area (Å²) in [5, 5.41) is 0. The Kier molecular flexibility index (Phi) is 4.04. The Labute approximate surface area is 122 Å². The summed E-state index contributed by atoms with van der Waals surface area (Å²) in [6.07, 6.45) is 8.37. The molecular formula is C16H19BrFN. The molecule has 0 bridgehead atoms. The highest BCUT2D eigenvalue weighted by Gasteiger charge is 2.26. The van der Waals surface area contributed by atoms with Crippen LogP contribution in [0.2, 0.25) is 0 Å². The second kappa shape index (κ2) is 5.76. The quantitative estimate of drug-likeness (QED) is 0.767. The molecule has 0 N–H and O–H groups in total. The molecule has 0 radical (unpaired) electrons. The molecule has 2 fully saturated rings. The molecule has 1 aliphatic heterocycles. The van der Waals surface area contributed by atoms with Gasteiger partial charge in [0.2, 0.25) is 0 Å². The predicted molar refractivity (Wildman–Crippen MR) is 80.5 cm³/mol. The highest BCUT2D eigenvalue weighted by atomic mass is 79.9. The fraction of sp³-hybridized carbons (Fsp3) is 0.500. The van der Waals surface area contributed by atoms with Gasteiger partial charge in [0.15, 0.2) is 0 Å². The molecule has 1 aromatic rings. The highest BCUT2D eigenvalue weighted by molar-refractivity contribution is 9.10. The van der Waals surface area contributed by atoms with Crippen LogP contribution in [0.25, 0.3) is 6.08 Å². The Bertz CT molecular complexity index is 484. The van der Waals surface area contributed by atoms with E-state index in [1.165, 1.54) is 30.9 Å². The summed E-state index contributed by atoms with van der Waals surface area (Å²) in [6.45, 7) is 2.29. The molecule has 1 aliphatic carbocycles. The van der Waals surface area contributed by atoms with E-state index in [4.69, 9.17) is 0 Å². The van der Waals surface area contributed by atoms with Crippen molar-refractivity contribution in [2.45, 2.75) is 38.1 Å². The molecule has 102 valence electrons. The van der Waals surface area contributed by atoms with E-state index in [-0.39, 0.29) is 5.82 Å². The molecule has 0 amide bonds. The molecule has 3 heteroatoms. The minimum Gasteiger partial charge on any atom is -0.300 e. The van der Waals surface area contributed by atoms with Gasteiger partial charge >= 0.3 is 0 Å². The molecule has 2 aliphatic rings. The largest absolute Gasteiger partial charge is 0.300 e. The Morgan fingerprint density at radius 1 is 1.21 bits per heavy atom. The minimum absolute atomic E-state index is 0.136. The van der Waals surface area contributed by atoms with Gasteiger partial charge in [-0.05, 0) is 37.8 Å². The number of benzene rings is 1. The predicted octanol–water partition coefficient (Wildman–Crippen LogP) is 4.62. The zero-order valence-corrected chi connectivity index (χ0v) is 12.6. The fourth-order valence-electron chi connectivity index (χ4n) is 2.91. The maximum Gasteiger partial charge on any atom is 0.131 e. The number of hydrogen-bond donors (Lipinski definition) is 0. The number of hydrogen-bond acceptors (Lipinski definition) is 1. The van der Waals surface area contributed by atoms with Crippen LogP contribution in [0, 0.1) is 5.82 Å². The average molecular weight is 324 g/mol.